The van der Waals surface area contributed by atoms with Gasteiger partial charge in [0.25, 0.3) is 0 Å². The van der Waals surface area contributed by atoms with Crippen molar-refractivity contribution in [3.63, 3.8) is 0 Å². The lowest BCUT2D eigenvalue weighted by atomic mass is 9.73. The van der Waals surface area contributed by atoms with Crippen LogP contribution in [0.5, 0.6) is 0 Å². The van der Waals surface area contributed by atoms with Crippen molar-refractivity contribution in [1.82, 2.24) is 0 Å². The van der Waals surface area contributed by atoms with Crippen molar-refractivity contribution in [2.24, 2.45) is 5.73 Å². The second-order valence-electron chi connectivity index (χ2n) is 4.23. The van der Waals surface area contributed by atoms with Crippen LogP contribution in [0.25, 0.3) is 0 Å². The smallest absolute Gasteiger partial charge is 0.150 e. The highest BCUT2D eigenvalue weighted by Crippen LogP contribution is 2.34. The van der Waals surface area contributed by atoms with Gasteiger partial charge in [0.15, 0.2) is 0 Å². The minimum atomic E-state index is -2.88. The van der Waals surface area contributed by atoms with Gasteiger partial charge < -0.3 is 10.8 Å². The van der Waals surface area contributed by atoms with Gasteiger partial charge in [0.2, 0.25) is 0 Å². The molecule has 84 valence electrons. The third-order valence-electron chi connectivity index (χ3n) is 2.82. The molecule has 0 atom stereocenters. The molecule has 0 spiro atoms. The lowest BCUT2D eigenvalue weighted by molar-refractivity contribution is -0.0531. The molecule has 1 aliphatic rings. The average molecular weight is 221 g/mol. The van der Waals surface area contributed by atoms with Crippen LogP contribution in [0.1, 0.15) is 32.6 Å². The average Bonchev–Trinajstić information content (AvgIpc) is 2.01. The largest absolute Gasteiger partial charge is 0.390 e. The molecule has 1 aliphatic carbocycles. The minimum Gasteiger partial charge on any atom is -0.390 e. The number of hydrogen-bond donors (Lipinski definition) is 2. The summed E-state index contributed by atoms with van der Waals surface area (Å²) in [6, 6.07) is 0.0998. The summed E-state index contributed by atoms with van der Waals surface area (Å²) in [6.45, 7) is 1.64. The highest BCUT2D eigenvalue weighted by Gasteiger charge is 2.39. The van der Waals surface area contributed by atoms with E-state index in [0.717, 1.165) is 0 Å². The maximum atomic E-state index is 11.1. The molecule has 0 bridgehead atoms. The van der Waals surface area contributed by atoms with Crippen molar-refractivity contribution >= 4 is 9.84 Å². The first kappa shape index (κ1) is 11.9. The van der Waals surface area contributed by atoms with E-state index in [1.165, 1.54) is 0 Å². The summed E-state index contributed by atoms with van der Waals surface area (Å²) < 4.78 is 22.3. The summed E-state index contributed by atoms with van der Waals surface area (Å²) >= 11 is 0. The molecule has 1 rings (SSSR count). The van der Waals surface area contributed by atoms with Gasteiger partial charge in [-0.15, -0.1) is 0 Å². The molecule has 0 aromatic carbocycles. The summed E-state index contributed by atoms with van der Waals surface area (Å²) in [6.07, 6.45) is 2.32. The number of nitrogens with two attached hydrogens (primary N) is 1. The molecule has 4 nitrogen and oxygen atoms in total. The van der Waals surface area contributed by atoms with E-state index >= 15 is 0 Å². The third kappa shape index (κ3) is 3.22. The molecule has 3 N–H and O–H groups in total. The van der Waals surface area contributed by atoms with Gasteiger partial charge in [-0.2, -0.15) is 0 Å². The fraction of sp³-hybridized carbons (Fsp3) is 1.00. The van der Waals surface area contributed by atoms with Crippen LogP contribution in [0.2, 0.25) is 0 Å². The summed E-state index contributed by atoms with van der Waals surface area (Å²) in [5, 5.41) is 9.78. The van der Waals surface area contributed by atoms with E-state index in [4.69, 9.17) is 5.73 Å². The van der Waals surface area contributed by atoms with Crippen molar-refractivity contribution < 1.29 is 13.5 Å². The molecule has 0 aromatic rings. The van der Waals surface area contributed by atoms with Gasteiger partial charge in [0.05, 0.1) is 11.4 Å². The Morgan fingerprint density at radius 2 is 2.07 bits per heavy atom. The Morgan fingerprint density at radius 3 is 2.50 bits per heavy atom. The van der Waals surface area contributed by atoms with Gasteiger partial charge in [-0.1, -0.05) is 6.92 Å². The van der Waals surface area contributed by atoms with E-state index in [1.54, 1.807) is 6.92 Å². The molecule has 0 amide bonds. The second kappa shape index (κ2) is 4.16. The van der Waals surface area contributed by atoms with Gasteiger partial charge in [-0.25, -0.2) is 8.42 Å². The first-order chi connectivity index (χ1) is 6.37. The third-order valence-corrected chi connectivity index (χ3v) is 4.61. The van der Waals surface area contributed by atoms with Crippen LogP contribution in [-0.4, -0.2) is 36.7 Å². The Hall–Kier alpha value is -0.130. The van der Waals surface area contributed by atoms with Gasteiger partial charge in [-0.05, 0) is 25.7 Å². The number of sulfone groups is 1. The van der Waals surface area contributed by atoms with Crippen LogP contribution >= 0.6 is 0 Å². The standard InChI is InChI=1S/C9H19NO3S/c1-2-14(12,13)5-3-4-9(11)6-8(10)7-9/h8,11H,2-7,10H2,1H3. The molecule has 0 saturated heterocycles. The number of hydrogen-bond acceptors (Lipinski definition) is 4. The lowest BCUT2D eigenvalue weighted by Crippen LogP contribution is -2.51. The number of aliphatic hydroxyl groups is 1. The van der Waals surface area contributed by atoms with Crippen LogP contribution in [0, 0.1) is 0 Å². The van der Waals surface area contributed by atoms with Crippen molar-refractivity contribution in [1.29, 1.82) is 0 Å². The highest BCUT2D eigenvalue weighted by atomic mass is 32.2. The zero-order chi connectivity index (χ0) is 10.8. The van der Waals surface area contributed by atoms with Gasteiger partial charge in [-0.3, -0.25) is 0 Å². The Morgan fingerprint density at radius 1 is 1.50 bits per heavy atom. The normalized spacial score (nSPS) is 32.6. The molecule has 5 heteroatoms. The zero-order valence-electron chi connectivity index (χ0n) is 8.57. The van der Waals surface area contributed by atoms with Gasteiger partial charge >= 0.3 is 0 Å². The molecular weight excluding hydrogens is 202 g/mol. The minimum absolute atomic E-state index is 0.0998. The van der Waals surface area contributed by atoms with Crippen molar-refractivity contribution in [2.45, 2.75) is 44.2 Å². The van der Waals surface area contributed by atoms with E-state index in [-0.39, 0.29) is 17.5 Å². The van der Waals surface area contributed by atoms with E-state index in [9.17, 15) is 13.5 Å². The summed E-state index contributed by atoms with van der Waals surface area (Å²) in [5.41, 5.74) is 4.88. The first-order valence-corrected chi connectivity index (χ1v) is 6.87. The van der Waals surface area contributed by atoms with Crippen LogP contribution in [0.15, 0.2) is 0 Å². The fourth-order valence-electron chi connectivity index (χ4n) is 1.89. The monoisotopic (exact) mass is 221 g/mol. The van der Waals surface area contributed by atoms with Crippen molar-refractivity contribution in [3.8, 4) is 0 Å². The van der Waals surface area contributed by atoms with Crippen LogP contribution in [0.3, 0.4) is 0 Å². The predicted molar refractivity (Wildman–Crippen MR) is 55.7 cm³/mol. The Labute approximate surface area is 85.4 Å². The SMILES string of the molecule is CCS(=O)(=O)CCCC1(O)CC(N)C1. The molecule has 0 unspecified atom stereocenters. The number of rotatable bonds is 5. The van der Waals surface area contributed by atoms with Crippen molar-refractivity contribution in [2.75, 3.05) is 11.5 Å². The maximum Gasteiger partial charge on any atom is 0.150 e. The molecule has 0 radical (unpaired) electrons. The van der Waals surface area contributed by atoms with E-state index in [0.29, 0.717) is 25.7 Å². The van der Waals surface area contributed by atoms with E-state index in [2.05, 4.69) is 0 Å². The lowest BCUT2D eigenvalue weighted by Gasteiger charge is -2.41. The van der Waals surface area contributed by atoms with Gasteiger partial charge in [0, 0.05) is 11.8 Å². The maximum absolute atomic E-state index is 11.1. The predicted octanol–water partition coefficient (Wildman–Crippen LogP) is 0.0535. The van der Waals surface area contributed by atoms with Gasteiger partial charge in [0.1, 0.15) is 9.84 Å². The highest BCUT2D eigenvalue weighted by molar-refractivity contribution is 7.91. The molecule has 0 aliphatic heterocycles. The Kier molecular flexibility index (Phi) is 3.55. The van der Waals surface area contributed by atoms with E-state index < -0.39 is 15.4 Å². The molecular formula is C9H19NO3S. The summed E-state index contributed by atoms with van der Waals surface area (Å²) in [5.74, 6) is 0.367. The fourth-order valence-corrected chi connectivity index (χ4v) is 2.76. The van der Waals surface area contributed by atoms with Crippen LogP contribution in [-0.2, 0) is 9.84 Å². The molecule has 1 saturated carbocycles. The first-order valence-electron chi connectivity index (χ1n) is 5.05. The summed E-state index contributed by atoms with van der Waals surface area (Å²) in [4.78, 5) is 0. The second-order valence-corrected chi connectivity index (χ2v) is 6.71. The Bertz CT molecular complexity index is 280. The molecule has 0 heterocycles. The molecule has 0 aromatic heterocycles. The van der Waals surface area contributed by atoms with E-state index in [1.807, 2.05) is 0 Å². The Balaban J connectivity index is 2.22. The van der Waals surface area contributed by atoms with Crippen LogP contribution < -0.4 is 5.73 Å². The van der Waals surface area contributed by atoms with Crippen molar-refractivity contribution in [3.05, 3.63) is 0 Å². The van der Waals surface area contributed by atoms with Crippen LogP contribution in [0.4, 0.5) is 0 Å². The molecule has 1 fully saturated rings. The molecule has 14 heavy (non-hydrogen) atoms. The quantitative estimate of drug-likeness (QED) is 0.687. The summed E-state index contributed by atoms with van der Waals surface area (Å²) in [7, 11) is -2.88. The zero-order valence-corrected chi connectivity index (χ0v) is 9.39. The topological polar surface area (TPSA) is 80.4 Å².